The number of fused-ring (bicyclic) bond motifs is 1. The number of hydrogen-bond acceptors (Lipinski definition) is 7. The molecule has 4 aromatic rings. The lowest BCUT2D eigenvalue weighted by atomic mass is 10.1. The number of piperazine rings is 1. The first-order valence-electron chi connectivity index (χ1n) is 11.6. The lowest BCUT2D eigenvalue weighted by molar-refractivity contribution is 0.102. The van der Waals surface area contributed by atoms with E-state index in [1.807, 2.05) is 29.9 Å². The van der Waals surface area contributed by atoms with Crippen molar-refractivity contribution in [1.82, 2.24) is 29.4 Å². The van der Waals surface area contributed by atoms with Crippen LogP contribution in [0.1, 0.15) is 23.2 Å². The van der Waals surface area contributed by atoms with Crippen molar-refractivity contribution in [3.8, 4) is 11.4 Å². The first-order chi connectivity index (χ1) is 16.7. The van der Waals surface area contributed by atoms with E-state index in [0.29, 0.717) is 11.4 Å². The summed E-state index contributed by atoms with van der Waals surface area (Å²) in [5.74, 6) is 1.18. The number of amides is 1. The highest BCUT2D eigenvalue weighted by Gasteiger charge is 2.32. The Balaban J connectivity index is 1.38. The molecule has 1 saturated heterocycles. The molecule has 6 rings (SSSR count). The van der Waals surface area contributed by atoms with Crippen LogP contribution in [0.5, 0.6) is 0 Å². The molecule has 0 atom stereocenters. The summed E-state index contributed by atoms with van der Waals surface area (Å²) in [6.45, 7) is 3.87. The van der Waals surface area contributed by atoms with Gasteiger partial charge in [0.15, 0.2) is 0 Å². The highest BCUT2D eigenvalue weighted by atomic mass is 16.1. The predicted molar refractivity (Wildman–Crippen MR) is 131 cm³/mol. The van der Waals surface area contributed by atoms with Crippen LogP contribution >= 0.6 is 0 Å². The van der Waals surface area contributed by atoms with E-state index in [-0.39, 0.29) is 5.91 Å². The van der Waals surface area contributed by atoms with E-state index in [1.54, 1.807) is 37.1 Å². The number of nitrogens with one attached hydrogen (secondary N) is 1. The molecule has 1 amide bonds. The van der Waals surface area contributed by atoms with Crippen LogP contribution in [0.2, 0.25) is 0 Å². The summed E-state index contributed by atoms with van der Waals surface area (Å²) in [5.41, 5.74) is 2.30. The van der Waals surface area contributed by atoms with Gasteiger partial charge in [-0.15, -0.1) is 0 Å². The van der Waals surface area contributed by atoms with Crippen molar-refractivity contribution in [2.45, 2.75) is 18.9 Å². The highest BCUT2D eigenvalue weighted by Crippen LogP contribution is 2.33. The maximum Gasteiger partial charge on any atom is 0.256 e. The van der Waals surface area contributed by atoms with Gasteiger partial charge in [0.1, 0.15) is 11.6 Å². The molecule has 9 heteroatoms. The van der Waals surface area contributed by atoms with Gasteiger partial charge in [0.05, 0.1) is 23.9 Å². The fourth-order valence-corrected chi connectivity index (χ4v) is 4.61. The number of aryl methyl sites for hydroxylation is 1. The first-order valence-corrected chi connectivity index (χ1v) is 11.6. The van der Waals surface area contributed by atoms with Crippen molar-refractivity contribution < 1.29 is 4.79 Å². The lowest BCUT2D eigenvalue weighted by Gasteiger charge is -2.36. The van der Waals surface area contributed by atoms with Crippen molar-refractivity contribution in [3.63, 3.8) is 0 Å². The van der Waals surface area contributed by atoms with E-state index in [1.165, 1.54) is 12.8 Å². The Morgan fingerprint density at radius 1 is 1.03 bits per heavy atom. The SMILES string of the molecule is Cn1cncc1-c1cc2cc(NC(=O)c3ccncc3)nc(N3CCN(C4CC4)CC3)c2cn1. The summed E-state index contributed by atoms with van der Waals surface area (Å²) < 4.78 is 1.94. The second-order valence-corrected chi connectivity index (χ2v) is 8.96. The number of rotatable bonds is 5. The van der Waals surface area contributed by atoms with Crippen molar-refractivity contribution in [2.24, 2.45) is 7.05 Å². The van der Waals surface area contributed by atoms with Crippen LogP contribution in [-0.4, -0.2) is 67.5 Å². The smallest absolute Gasteiger partial charge is 0.256 e. The molecule has 1 aliphatic heterocycles. The number of nitrogens with zero attached hydrogens (tertiary/aromatic N) is 7. The normalized spacial score (nSPS) is 16.7. The van der Waals surface area contributed by atoms with Crippen LogP contribution in [-0.2, 0) is 7.05 Å². The van der Waals surface area contributed by atoms with Gasteiger partial charge in [-0.25, -0.2) is 9.97 Å². The van der Waals surface area contributed by atoms with Crippen molar-refractivity contribution in [2.75, 3.05) is 36.4 Å². The molecule has 172 valence electrons. The molecule has 34 heavy (non-hydrogen) atoms. The number of anilines is 2. The zero-order chi connectivity index (χ0) is 23.1. The zero-order valence-corrected chi connectivity index (χ0v) is 19.1. The number of hydrogen-bond donors (Lipinski definition) is 1. The average Bonchev–Trinajstić information content (AvgIpc) is 3.64. The number of pyridine rings is 3. The molecule has 0 spiro atoms. The second-order valence-electron chi connectivity index (χ2n) is 8.96. The average molecular weight is 455 g/mol. The van der Waals surface area contributed by atoms with E-state index in [2.05, 4.69) is 25.1 Å². The van der Waals surface area contributed by atoms with E-state index < -0.39 is 0 Å². The molecule has 1 N–H and O–H groups in total. The molecule has 1 aliphatic carbocycles. The van der Waals surface area contributed by atoms with Crippen LogP contribution in [0, 0.1) is 0 Å². The molecule has 1 saturated carbocycles. The van der Waals surface area contributed by atoms with Gasteiger partial charge < -0.3 is 14.8 Å². The van der Waals surface area contributed by atoms with Gasteiger partial charge in [0.25, 0.3) is 5.91 Å². The predicted octanol–water partition coefficient (Wildman–Crippen LogP) is 2.96. The molecule has 0 bridgehead atoms. The Bertz CT molecular complexity index is 1340. The van der Waals surface area contributed by atoms with Crippen LogP contribution in [0.4, 0.5) is 11.6 Å². The van der Waals surface area contributed by atoms with Crippen molar-refractivity contribution >= 4 is 28.3 Å². The Kier molecular flexibility index (Phi) is 5.18. The van der Waals surface area contributed by atoms with E-state index in [0.717, 1.165) is 60.2 Å². The Morgan fingerprint density at radius 2 is 1.82 bits per heavy atom. The van der Waals surface area contributed by atoms with Gasteiger partial charge in [-0.1, -0.05) is 0 Å². The van der Waals surface area contributed by atoms with Gasteiger partial charge in [0, 0.05) is 68.8 Å². The molecule has 2 fully saturated rings. The molecule has 0 radical (unpaired) electrons. The Hall–Kier alpha value is -3.85. The number of imidazole rings is 1. The van der Waals surface area contributed by atoms with Gasteiger partial charge >= 0.3 is 0 Å². The maximum absolute atomic E-state index is 12.8. The quantitative estimate of drug-likeness (QED) is 0.496. The minimum Gasteiger partial charge on any atom is -0.353 e. The van der Waals surface area contributed by atoms with Crippen LogP contribution in [0.3, 0.4) is 0 Å². The van der Waals surface area contributed by atoms with Crippen molar-refractivity contribution in [3.05, 3.63) is 60.9 Å². The van der Waals surface area contributed by atoms with E-state index in [9.17, 15) is 4.79 Å². The van der Waals surface area contributed by atoms with E-state index in [4.69, 9.17) is 9.97 Å². The van der Waals surface area contributed by atoms with Crippen LogP contribution in [0.15, 0.2) is 55.4 Å². The molecule has 4 aromatic heterocycles. The van der Waals surface area contributed by atoms with Crippen molar-refractivity contribution in [1.29, 1.82) is 0 Å². The van der Waals surface area contributed by atoms with Gasteiger partial charge in [0.2, 0.25) is 0 Å². The summed E-state index contributed by atoms with van der Waals surface area (Å²) in [6, 6.07) is 8.11. The highest BCUT2D eigenvalue weighted by molar-refractivity contribution is 6.05. The minimum atomic E-state index is -0.209. The molecular weight excluding hydrogens is 428 g/mol. The standard InChI is InChI=1S/C25H26N8O/c1-31-16-27-15-22(31)21-12-18-13-23(30-25(34)17-4-6-26-7-5-17)29-24(20(18)14-28-21)33-10-8-32(9-11-33)19-2-3-19/h4-7,12-16,19H,2-3,8-11H2,1H3,(H,29,30,34). The Labute approximate surface area is 197 Å². The summed E-state index contributed by atoms with van der Waals surface area (Å²) in [4.78, 5) is 35.6. The topological polar surface area (TPSA) is 92.1 Å². The second kappa shape index (κ2) is 8.49. The molecule has 0 aromatic carbocycles. The first kappa shape index (κ1) is 20.7. The fourth-order valence-electron chi connectivity index (χ4n) is 4.61. The van der Waals surface area contributed by atoms with E-state index >= 15 is 0 Å². The molecule has 5 heterocycles. The third kappa shape index (κ3) is 3.99. The maximum atomic E-state index is 12.8. The monoisotopic (exact) mass is 454 g/mol. The zero-order valence-electron chi connectivity index (χ0n) is 19.1. The van der Waals surface area contributed by atoms with Gasteiger partial charge in [-0.05, 0) is 42.5 Å². The largest absolute Gasteiger partial charge is 0.353 e. The lowest BCUT2D eigenvalue weighted by Crippen LogP contribution is -2.47. The summed E-state index contributed by atoms with van der Waals surface area (Å²) in [7, 11) is 1.95. The summed E-state index contributed by atoms with van der Waals surface area (Å²) in [5, 5.41) is 4.94. The number of aromatic nitrogens is 5. The summed E-state index contributed by atoms with van der Waals surface area (Å²) in [6.07, 6.45) is 11.3. The van der Waals surface area contributed by atoms with Gasteiger partial charge in [-0.3, -0.25) is 19.7 Å². The van der Waals surface area contributed by atoms with Crippen LogP contribution < -0.4 is 10.2 Å². The minimum absolute atomic E-state index is 0.209. The number of carbonyl (C=O) groups is 1. The van der Waals surface area contributed by atoms with Gasteiger partial charge in [-0.2, -0.15) is 0 Å². The Morgan fingerprint density at radius 3 is 2.53 bits per heavy atom. The molecule has 9 nitrogen and oxygen atoms in total. The molecule has 2 aliphatic rings. The third-order valence-corrected chi connectivity index (χ3v) is 6.64. The fraction of sp³-hybridized carbons (Fsp3) is 0.320. The van der Waals surface area contributed by atoms with Crippen LogP contribution in [0.25, 0.3) is 22.2 Å². The molecule has 0 unspecified atom stereocenters. The number of carbonyl (C=O) groups excluding carboxylic acids is 1. The molecular formula is C25H26N8O. The summed E-state index contributed by atoms with van der Waals surface area (Å²) >= 11 is 0. The third-order valence-electron chi connectivity index (χ3n) is 6.64.